The Morgan fingerprint density at radius 3 is 1.54 bits per heavy atom. The Hall–Kier alpha value is -1.54. The summed E-state index contributed by atoms with van der Waals surface area (Å²) in [7, 11) is 1.34. The Kier molecular flexibility index (Phi) is 37.2. The summed E-state index contributed by atoms with van der Waals surface area (Å²) in [6.07, 6.45) is 45.4. The van der Waals surface area contributed by atoms with E-state index in [2.05, 4.69) is 62.5 Å². The summed E-state index contributed by atoms with van der Waals surface area (Å²) < 4.78 is 34.5. The van der Waals surface area contributed by atoms with Crippen molar-refractivity contribution in [3.05, 3.63) is 48.6 Å². The highest BCUT2D eigenvalue weighted by molar-refractivity contribution is 7.45. The minimum atomic E-state index is -4.53. The van der Waals surface area contributed by atoms with E-state index in [-0.39, 0.29) is 25.8 Å². The fourth-order valence-electron chi connectivity index (χ4n) is 5.66. The van der Waals surface area contributed by atoms with E-state index in [9.17, 15) is 14.3 Å². The lowest BCUT2D eigenvalue weighted by molar-refractivity contribution is -0.870. The van der Waals surface area contributed by atoms with Crippen molar-refractivity contribution in [2.75, 3.05) is 54.1 Å². The zero-order valence-corrected chi connectivity index (χ0v) is 36.6. The van der Waals surface area contributed by atoms with Gasteiger partial charge in [0.1, 0.15) is 19.3 Å². The Bertz CT molecular complexity index is 1000. The Labute approximate surface area is 333 Å². The number of esters is 1. The highest BCUT2D eigenvalue weighted by atomic mass is 31.2. The molecular formula is C45H84NO7P. The van der Waals surface area contributed by atoms with Crippen LogP contribution in [0.15, 0.2) is 48.6 Å². The molecule has 316 valence electrons. The van der Waals surface area contributed by atoms with Gasteiger partial charge in [0, 0.05) is 13.0 Å². The Balaban J connectivity index is 4.27. The van der Waals surface area contributed by atoms with Gasteiger partial charge < -0.3 is 27.9 Å². The molecule has 54 heavy (non-hydrogen) atoms. The predicted octanol–water partition coefficient (Wildman–Crippen LogP) is 12.1. The van der Waals surface area contributed by atoms with Crippen LogP contribution in [-0.2, 0) is 27.9 Å². The Morgan fingerprint density at radius 2 is 1.02 bits per heavy atom. The van der Waals surface area contributed by atoms with E-state index < -0.39 is 13.9 Å². The van der Waals surface area contributed by atoms with Crippen LogP contribution >= 0.6 is 7.82 Å². The molecule has 0 spiro atoms. The summed E-state index contributed by atoms with van der Waals surface area (Å²) in [5.41, 5.74) is 0. The second-order valence-corrected chi connectivity index (χ2v) is 17.1. The van der Waals surface area contributed by atoms with Crippen molar-refractivity contribution in [3.8, 4) is 0 Å². The van der Waals surface area contributed by atoms with Crippen molar-refractivity contribution in [3.63, 3.8) is 0 Å². The number of carbonyl (C=O) groups excluding carboxylic acids is 1. The SMILES string of the molecule is CCCCC/C=C\C/C=C\C/C=C\CCCCCCCCC(=O)OC(COCCCCCCCC/C=C\CCCCC)COP(=O)([O-])OCC[N+](C)(C)C. The van der Waals surface area contributed by atoms with Gasteiger partial charge >= 0.3 is 5.97 Å². The number of hydrogen-bond donors (Lipinski definition) is 0. The second-order valence-electron chi connectivity index (χ2n) is 15.7. The number of unbranched alkanes of at least 4 members (excludes halogenated alkanes) is 18. The van der Waals surface area contributed by atoms with E-state index in [1.54, 1.807) is 0 Å². The first-order valence-corrected chi connectivity index (χ1v) is 23.3. The normalized spacial score (nSPS) is 14.3. The minimum Gasteiger partial charge on any atom is -0.756 e. The fraction of sp³-hybridized carbons (Fsp3) is 0.800. The number of ether oxygens (including phenoxy) is 2. The average Bonchev–Trinajstić information content (AvgIpc) is 3.12. The molecule has 0 bridgehead atoms. The molecule has 0 fully saturated rings. The first-order valence-electron chi connectivity index (χ1n) is 21.9. The van der Waals surface area contributed by atoms with Gasteiger partial charge in [0.05, 0.1) is 34.4 Å². The van der Waals surface area contributed by atoms with Gasteiger partial charge in [0.25, 0.3) is 7.82 Å². The van der Waals surface area contributed by atoms with Crippen molar-refractivity contribution >= 4 is 13.8 Å². The zero-order chi connectivity index (χ0) is 39.9. The molecule has 2 unspecified atom stereocenters. The molecule has 9 heteroatoms. The van der Waals surface area contributed by atoms with Crippen LogP contribution in [0.25, 0.3) is 0 Å². The molecule has 0 amide bonds. The van der Waals surface area contributed by atoms with Crippen LogP contribution in [0.1, 0.15) is 174 Å². The fourth-order valence-corrected chi connectivity index (χ4v) is 6.39. The molecule has 0 aliphatic carbocycles. The standard InChI is InChI=1S/C45H84NO7P/c1-6-8-10-12-14-16-18-20-21-22-23-24-25-26-28-30-32-34-36-38-45(47)53-44(43-52-54(48,49)51-41-39-46(3,4)5)42-50-40-37-35-33-31-29-27-19-17-15-13-11-9-7-2/h14-17,20-21,23-24,44H,6-13,18-19,22,25-43H2,1-5H3/b16-14-,17-15-,21-20-,24-23-. The van der Waals surface area contributed by atoms with Gasteiger partial charge in [0.2, 0.25) is 0 Å². The summed E-state index contributed by atoms with van der Waals surface area (Å²) >= 11 is 0. The molecule has 0 saturated heterocycles. The number of phosphoric ester groups is 1. The van der Waals surface area contributed by atoms with Gasteiger partial charge in [0.15, 0.2) is 0 Å². The number of likely N-dealkylation sites (N-methyl/N-ethyl adjacent to an activating group) is 1. The first kappa shape index (κ1) is 52.5. The topological polar surface area (TPSA) is 94.1 Å². The summed E-state index contributed by atoms with van der Waals surface area (Å²) in [5.74, 6) is -0.350. The predicted molar refractivity (Wildman–Crippen MR) is 226 cm³/mol. The molecule has 8 nitrogen and oxygen atoms in total. The number of carbonyl (C=O) groups is 1. The van der Waals surface area contributed by atoms with Gasteiger partial charge in [-0.3, -0.25) is 9.36 Å². The lowest BCUT2D eigenvalue weighted by Gasteiger charge is -2.28. The third-order valence-electron chi connectivity index (χ3n) is 9.10. The third kappa shape index (κ3) is 41.6. The van der Waals surface area contributed by atoms with Crippen LogP contribution in [0.2, 0.25) is 0 Å². The number of nitrogens with zero attached hydrogens (tertiary/aromatic N) is 1. The molecular weight excluding hydrogens is 697 g/mol. The number of rotatable bonds is 40. The van der Waals surface area contributed by atoms with Gasteiger partial charge in [-0.15, -0.1) is 0 Å². The molecule has 0 aromatic carbocycles. The maximum Gasteiger partial charge on any atom is 0.306 e. The molecule has 2 atom stereocenters. The molecule has 0 aliphatic rings. The van der Waals surface area contributed by atoms with Crippen molar-refractivity contribution < 1.29 is 37.3 Å². The van der Waals surface area contributed by atoms with E-state index in [4.69, 9.17) is 18.5 Å². The molecule has 0 saturated carbocycles. The summed E-state index contributed by atoms with van der Waals surface area (Å²) in [5, 5.41) is 0. The van der Waals surface area contributed by atoms with Crippen LogP contribution in [0.3, 0.4) is 0 Å². The van der Waals surface area contributed by atoms with Gasteiger partial charge in [-0.25, -0.2) is 0 Å². The van der Waals surface area contributed by atoms with Crippen molar-refractivity contribution in [2.24, 2.45) is 0 Å². The smallest absolute Gasteiger partial charge is 0.306 e. The second kappa shape index (κ2) is 38.3. The zero-order valence-electron chi connectivity index (χ0n) is 35.7. The van der Waals surface area contributed by atoms with Crippen LogP contribution in [0.5, 0.6) is 0 Å². The minimum absolute atomic E-state index is 0.0207. The van der Waals surface area contributed by atoms with E-state index in [0.29, 0.717) is 24.1 Å². The van der Waals surface area contributed by atoms with E-state index in [1.807, 2.05) is 21.1 Å². The van der Waals surface area contributed by atoms with E-state index in [0.717, 1.165) is 57.8 Å². The maximum absolute atomic E-state index is 12.7. The molecule has 0 rings (SSSR count). The highest BCUT2D eigenvalue weighted by Crippen LogP contribution is 2.38. The maximum atomic E-state index is 12.7. The molecule has 0 aromatic rings. The van der Waals surface area contributed by atoms with Gasteiger partial charge in [-0.1, -0.05) is 140 Å². The molecule has 0 N–H and O–H groups in total. The number of phosphoric acid groups is 1. The molecule has 0 aromatic heterocycles. The van der Waals surface area contributed by atoms with Crippen molar-refractivity contribution in [2.45, 2.75) is 180 Å². The average molecular weight is 782 g/mol. The van der Waals surface area contributed by atoms with Gasteiger partial charge in [-0.05, 0) is 77.0 Å². The highest BCUT2D eigenvalue weighted by Gasteiger charge is 2.20. The monoisotopic (exact) mass is 782 g/mol. The summed E-state index contributed by atoms with van der Waals surface area (Å²) in [6.45, 7) is 5.33. The number of allylic oxidation sites excluding steroid dienone is 8. The number of hydrogen-bond acceptors (Lipinski definition) is 7. The van der Waals surface area contributed by atoms with Crippen LogP contribution < -0.4 is 4.89 Å². The largest absolute Gasteiger partial charge is 0.756 e. The summed E-state index contributed by atoms with van der Waals surface area (Å²) in [6, 6.07) is 0. The molecule has 0 heterocycles. The van der Waals surface area contributed by atoms with Crippen LogP contribution in [-0.4, -0.2) is 70.7 Å². The lowest BCUT2D eigenvalue weighted by atomic mass is 10.1. The van der Waals surface area contributed by atoms with Crippen molar-refractivity contribution in [1.29, 1.82) is 0 Å². The Morgan fingerprint density at radius 1 is 0.574 bits per heavy atom. The lowest BCUT2D eigenvalue weighted by Crippen LogP contribution is -2.37. The quantitative estimate of drug-likeness (QED) is 0.0201. The van der Waals surface area contributed by atoms with E-state index in [1.165, 1.54) is 96.3 Å². The third-order valence-corrected chi connectivity index (χ3v) is 10.1. The van der Waals surface area contributed by atoms with E-state index >= 15 is 0 Å². The van der Waals surface area contributed by atoms with Crippen LogP contribution in [0.4, 0.5) is 0 Å². The molecule has 0 radical (unpaired) electrons. The van der Waals surface area contributed by atoms with Gasteiger partial charge in [-0.2, -0.15) is 0 Å². The van der Waals surface area contributed by atoms with Crippen LogP contribution in [0, 0.1) is 0 Å². The molecule has 0 aliphatic heterocycles. The first-order chi connectivity index (χ1) is 26.1. The van der Waals surface area contributed by atoms with Crippen molar-refractivity contribution in [1.82, 2.24) is 0 Å². The number of quaternary nitrogens is 1. The summed E-state index contributed by atoms with van der Waals surface area (Å²) in [4.78, 5) is 25.0.